The number of rotatable bonds is 6. The third-order valence-corrected chi connectivity index (χ3v) is 4.63. The monoisotopic (exact) mass is 365 g/mol. The van der Waals surface area contributed by atoms with E-state index in [0.29, 0.717) is 24.0 Å². The number of ether oxygens (including phenoxy) is 1. The molecule has 1 heterocycles. The van der Waals surface area contributed by atoms with Crippen LogP contribution < -0.4 is 10.3 Å². The molecule has 0 unspecified atom stereocenters. The number of amides is 1. The number of aryl methyl sites for hydroxylation is 1. The summed E-state index contributed by atoms with van der Waals surface area (Å²) in [6.45, 7) is 4.85. The summed E-state index contributed by atoms with van der Waals surface area (Å²) >= 11 is 0. The minimum atomic E-state index is -0.197. The van der Waals surface area contributed by atoms with Crippen molar-refractivity contribution in [2.75, 3.05) is 13.7 Å². The molecule has 1 amide bonds. The van der Waals surface area contributed by atoms with Gasteiger partial charge in [-0.05, 0) is 43.2 Å². The Morgan fingerprint density at radius 3 is 2.59 bits per heavy atom. The van der Waals surface area contributed by atoms with Crippen LogP contribution in [-0.4, -0.2) is 34.0 Å². The molecule has 0 aliphatic heterocycles. The summed E-state index contributed by atoms with van der Waals surface area (Å²) in [5.41, 5.74) is 2.43. The molecule has 0 atom stereocenters. The van der Waals surface area contributed by atoms with Crippen molar-refractivity contribution >= 4 is 16.8 Å². The average Bonchev–Trinajstić information content (AvgIpc) is 2.69. The largest absolute Gasteiger partial charge is 0.497 e. The zero-order valence-electron chi connectivity index (χ0n) is 15.8. The highest BCUT2D eigenvalue weighted by atomic mass is 16.5. The van der Waals surface area contributed by atoms with Gasteiger partial charge >= 0.3 is 0 Å². The summed E-state index contributed by atoms with van der Waals surface area (Å²) < 4.78 is 6.53. The molecule has 0 spiro atoms. The standard InChI is InChI=1S/C21H23N3O3/c1-4-23(12-16-8-10-17(27-3)11-9-16)19(25)13-24-14-22-20-15(2)6-5-7-18(20)21(24)26/h5-11,14H,4,12-13H2,1-3H3. The lowest BCUT2D eigenvalue weighted by atomic mass is 10.1. The number of hydrogen-bond donors (Lipinski definition) is 0. The highest BCUT2D eigenvalue weighted by molar-refractivity contribution is 5.81. The quantitative estimate of drug-likeness (QED) is 0.674. The molecule has 0 aliphatic rings. The van der Waals surface area contributed by atoms with Crippen LogP contribution in [0, 0.1) is 6.92 Å². The Kier molecular flexibility index (Phi) is 5.54. The van der Waals surface area contributed by atoms with Crippen LogP contribution in [0.4, 0.5) is 0 Å². The number of nitrogens with zero attached hydrogens (tertiary/aromatic N) is 3. The molecule has 3 rings (SSSR count). The van der Waals surface area contributed by atoms with Gasteiger partial charge in [-0.1, -0.05) is 24.3 Å². The number of carbonyl (C=O) groups excluding carboxylic acids is 1. The SMILES string of the molecule is CCN(Cc1ccc(OC)cc1)C(=O)Cn1cnc2c(C)cccc2c1=O. The van der Waals surface area contributed by atoms with Crippen molar-refractivity contribution in [1.82, 2.24) is 14.5 Å². The van der Waals surface area contributed by atoms with E-state index in [1.54, 1.807) is 18.1 Å². The fourth-order valence-electron chi connectivity index (χ4n) is 3.02. The Morgan fingerprint density at radius 2 is 1.93 bits per heavy atom. The van der Waals surface area contributed by atoms with Crippen molar-refractivity contribution in [2.24, 2.45) is 0 Å². The van der Waals surface area contributed by atoms with E-state index in [1.807, 2.05) is 50.2 Å². The van der Waals surface area contributed by atoms with Gasteiger partial charge in [0.05, 0.1) is 24.3 Å². The first-order chi connectivity index (χ1) is 13.0. The van der Waals surface area contributed by atoms with Gasteiger partial charge in [0, 0.05) is 13.1 Å². The number of fused-ring (bicyclic) bond motifs is 1. The molecular formula is C21H23N3O3. The summed E-state index contributed by atoms with van der Waals surface area (Å²) in [5.74, 6) is 0.654. The molecular weight excluding hydrogens is 342 g/mol. The zero-order chi connectivity index (χ0) is 19.4. The lowest BCUT2D eigenvalue weighted by Gasteiger charge is -2.21. The van der Waals surface area contributed by atoms with Gasteiger partial charge in [-0.2, -0.15) is 0 Å². The first kappa shape index (κ1) is 18.6. The van der Waals surface area contributed by atoms with Crippen LogP contribution in [0.15, 0.2) is 53.6 Å². The van der Waals surface area contributed by atoms with Gasteiger partial charge < -0.3 is 9.64 Å². The Hall–Kier alpha value is -3.15. The molecule has 0 saturated heterocycles. The summed E-state index contributed by atoms with van der Waals surface area (Å²) in [6.07, 6.45) is 1.46. The number of para-hydroxylation sites is 1. The Balaban J connectivity index is 1.79. The van der Waals surface area contributed by atoms with Gasteiger partial charge in [0.25, 0.3) is 5.56 Å². The van der Waals surface area contributed by atoms with Gasteiger partial charge in [-0.25, -0.2) is 4.98 Å². The molecule has 0 aliphatic carbocycles. The smallest absolute Gasteiger partial charge is 0.261 e. The number of hydrogen-bond acceptors (Lipinski definition) is 4. The van der Waals surface area contributed by atoms with Crippen LogP contribution in [0.1, 0.15) is 18.1 Å². The number of benzene rings is 2. The summed E-state index contributed by atoms with van der Waals surface area (Å²) in [7, 11) is 1.62. The van der Waals surface area contributed by atoms with Crippen LogP contribution >= 0.6 is 0 Å². The summed E-state index contributed by atoms with van der Waals surface area (Å²) in [5, 5.41) is 0.531. The minimum absolute atomic E-state index is 0.0281. The number of carbonyl (C=O) groups is 1. The third-order valence-electron chi connectivity index (χ3n) is 4.63. The van der Waals surface area contributed by atoms with Crippen LogP contribution in [0.2, 0.25) is 0 Å². The van der Waals surface area contributed by atoms with E-state index in [9.17, 15) is 9.59 Å². The summed E-state index contributed by atoms with van der Waals surface area (Å²) in [6, 6.07) is 13.1. The molecule has 0 bridgehead atoms. The van der Waals surface area contributed by atoms with Crippen molar-refractivity contribution in [1.29, 1.82) is 0 Å². The van der Waals surface area contributed by atoms with Crippen molar-refractivity contribution in [3.8, 4) is 5.75 Å². The molecule has 0 saturated carbocycles. The number of aromatic nitrogens is 2. The van der Waals surface area contributed by atoms with Crippen molar-refractivity contribution in [3.63, 3.8) is 0 Å². The van der Waals surface area contributed by atoms with Crippen molar-refractivity contribution in [2.45, 2.75) is 26.9 Å². The van der Waals surface area contributed by atoms with E-state index in [0.717, 1.165) is 16.9 Å². The maximum Gasteiger partial charge on any atom is 0.261 e. The first-order valence-corrected chi connectivity index (χ1v) is 8.89. The van der Waals surface area contributed by atoms with Crippen LogP contribution in [0.3, 0.4) is 0 Å². The van der Waals surface area contributed by atoms with E-state index >= 15 is 0 Å². The van der Waals surface area contributed by atoms with E-state index in [4.69, 9.17) is 4.74 Å². The van der Waals surface area contributed by atoms with E-state index < -0.39 is 0 Å². The zero-order valence-corrected chi connectivity index (χ0v) is 15.8. The predicted octanol–water partition coefficient (Wildman–Crippen LogP) is 2.76. The van der Waals surface area contributed by atoms with Gasteiger partial charge in [0.2, 0.25) is 5.91 Å². The first-order valence-electron chi connectivity index (χ1n) is 8.89. The lowest BCUT2D eigenvalue weighted by molar-refractivity contribution is -0.132. The topological polar surface area (TPSA) is 64.4 Å². The van der Waals surface area contributed by atoms with Gasteiger partial charge in [-0.15, -0.1) is 0 Å². The molecule has 6 nitrogen and oxygen atoms in total. The fraction of sp³-hybridized carbons (Fsp3) is 0.286. The van der Waals surface area contributed by atoms with Gasteiger partial charge in [-0.3, -0.25) is 14.2 Å². The molecule has 27 heavy (non-hydrogen) atoms. The molecule has 2 aromatic carbocycles. The Labute approximate surface area is 158 Å². The molecule has 6 heteroatoms. The fourth-order valence-corrected chi connectivity index (χ4v) is 3.02. The second-order valence-corrected chi connectivity index (χ2v) is 6.40. The van der Waals surface area contributed by atoms with Gasteiger partial charge in [0.15, 0.2) is 0 Å². The van der Waals surface area contributed by atoms with E-state index in [2.05, 4.69) is 4.98 Å². The Bertz CT molecular complexity index is 1010. The normalized spacial score (nSPS) is 10.8. The predicted molar refractivity (Wildman–Crippen MR) is 105 cm³/mol. The highest BCUT2D eigenvalue weighted by Crippen LogP contribution is 2.14. The lowest BCUT2D eigenvalue weighted by Crippen LogP contribution is -2.36. The third kappa shape index (κ3) is 4.00. The maximum absolute atomic E-state index is 12.7. The summed E-state index contributed by atoms with van der Waals surface area (Å²) in [4.78, 5) is 31.5. The van der Waals surface area contributed by atoms with Crippen LogP contribution in [-0.2, 0) is 17.9 Å². The maximum atomic E-state index is 12.7. The van der Waals surface area contributed by atoms with Crippen molar-refractivity contribution in [3.05, 3.63) is 70.3 Å². The van der Waals surface area contributed by atoms with Crippen molar-refractivity contribution < 1.29 is 9.53 Å². The molecule has 3 aromatic rings. The van der Waals surface area contributed by atoms with Crippen LogP contribution in [0.25, 0.3) is 10.9 Å². The number of methoxy groups -OCH3 is 1. The molecule has 1 aromatic heterocycles. The minimum Gasteiger partial charge on any atom is -0.497 e. The average molecular weight is 365 g/mol. The number of likely N-dealkylation sites (N-methyl/N-ethyl adjacent to an activating group) is 1. The second kappa shape index (κ2) is 8.03. The Morgan fingerprint density at radius 1 is 1.19 bits per heavy atom. The van der Waals surface area contributed by atoms with E-state index in [-0.39, 0.29) is 18.0 Å². The van der Waals surface area contributed by atoms with Crippen LogP contribution in [0.5, 0.6) is 5.75 Å². The molecule has 0 fully saturated rings. The van der Waals surface area contributed by atoms with Gasteiger partial charge in [0.1, 0.15) is 12.3 Å². The highest BCUT2D eigenvalue weighted by Gasteiger charge is 2.15. The molecule has 0 radical (unpaired) electrons. The molecule has 140 valence electrons. The van der Waals surface area contributed by atoms with E-state index in [1.165, 1.54) is 10.9 Å². The second-order valence-electron chi connectivity index (χ2n) is 6.40. The molecule has 0 N–H and O–H groups in total.